The number of carbonyl (C=O) groups excluding carboxylic acids is 1. The highest BCUT2D eigenvalue weighted by Crippen LogP contribution is 2.35. The molecule has 1 N–H and O–H groups in total. The van der Waals surface area contributed by atoms with Crippen LogP contribution in [0.1, 0.15) is 38.5 Å². The number of amides is 1. The highest BCUT2D eigenvalue weighted by atomic mass is 32.2. The quantitative estimate of drug-likeness (QED) is 0.846. The van der Waals surface area contributed by atoms with Crippen LogP contribution in [0, 0.1) is 0 Å². The third-order valence-corrected chi connectivity index (χ3v) is 6.62. The van der Waals surface area contributed by atoms with Gasteiger partial charge in [0, 0.05) is 24.9 Å². The zero-order valence-electron chi connectivity index (χ0n) is 15.1. The van der Waals surface area contributed by atoms with Gasteiger partial charge in [-0.1, -0.05) is 0 Å². The van der Waals surface area contributed by atoms with Crippen molar-refractivity contribution in [3.63, 3.8) is 0 Å². The second-order valence-corrected chi connectivity index (χ2v) is 8.74. The summed E-state index contributed by atoms with van der Waals surface area (Å²) in [5.74, 6) is 0.468. The van der Waals surface area contributed by atoms with Crippen molar-refractivity contribution in [1.82, 2.24) is 0 Å². The molecule has 8 heteroatoms. The van der Waals surface area contributed by atoms with Gasteiger partial charge in [0.05, 0.1) is 31.1 Å². The molecule has 1 aromatic carbocycles. The lowest BCUT2D eigenvalue weighted by atomic mass is 10.1. The SMILES string of the molecule is COc1cc(NC(=O)CC2CCCCO2)ccc1N1CCCCS1(=O)=O. The smallest absolute Gasteiger partial charge is 0.235 e. The molecule has 7 nitrogen and oxygen atoms in total. The summed E-state index contributed by atoms with van der Waals surface area (Å²) >= 11 is 0. The molecule has 0 aliphatic carbocycles. The lowest BCUT2D eigenvalue weighted by Crippen LogP contribution is -2.38. The van der Waals surface area contributed by atoms with Crippen molar-refractivity contribution in [3.05, 3.63) is 18.2 Å². The number of hydrogen-bond donors (Lipinski definition) is 1. The summed E-state index contributed by atoms with van der Waals surface area (Å²) in [7, 11) is -1.82. The van der Waals surface area contributed by atoms with Crippen molar-refractivity contribution in [1.29, 1.82) is 0 Å². The second-order valence-electron chi connectivity index (χ2n) is 6.72. The first-order chi connectivity index (χ1) is 12.5. The number of anilines is 2. The Morgan fingerprint density at radius 2 is 2.15 bits per heavy atom. The predicted molar refractivity (Wildman–Crippen MR) is 100 cm³/mol. The van der Waals surface area contributed by atoms with Crippen molar-refractivity contribution >= 4 is 27.3 Å². The molecule has 2 aliphatic rings. The first-order valence-corrected chi connectivity index (χ1v) is 10.7. The standard InChI is InChI=1S/C18H26N2O5S/c1-24-17-12-14(19-18(21)13-15-6-2-4-10-25-15)7-8-16(17)20-9-3-5-11-26(20,22)23/h7-8,12,15H,2-6,9-11,13H2,1H3,(H,19,21). The highest BCUT2D eigenvalue weighted by molar-refractivity contribution is 7.92. The number of hydrogen-bond acceptors (Lipinski definition) is 5. The Morgan fingerprint density at radius 1 is 1.31 bits per heavy atom. The van der Waals surface area contributed by atoms with Crippen LogP contribution in [0.15, 0.2) is 18.2 Å². The summed E-state index contributed by atoms with van der Waals surface area (Å²) < 4.78 is 37.0. The molecule has 1 atom stereocenters. The molecule has 2 saturated heterocycles. The van der Waals surface area contributed by atoms with Crippen LogP contribution in [0.25, 0.3) is 0 Å². The zero-order chi connectivity index (χ0) is 18.6. The van der Waals surface area contributed by atoms with Gasteiger partial charge in [-0.3, -0.25) is 9.10 Å². The fraction of sp³-hybridized carbons (Fsp3) is 0.611. The van der Waals surface area contributed by atoms with E-state index in [0.717, 1.165) is 25.7 Å². The van der Waals surface area contributed by atoms with E-state index in [2.05, 4.69) is 5.32 Å². The summed E-state index contributed by atoms with van der Waals surface area (Å²) in [6.07, 6.45) is 4.85. The number of benzene rings is 1. The largest absolute Gasteiger partial charge is 0.494 e. The van der Waals surface area contributed by atoms with Crippen molar-refractivity contribution in [3.8, 4) is 5.75 Å². The molecular formula is C18H26N2O5S. The molecule has 0 saturated carbocycles. The van der Waals surface area contributed by atoms with Crippen LogP contribution in [-0.2, 0) is 19.6 Å². The first kappa shape index (κ1) is 19.0. The van der Waals surface area contributed by atoms with Gasteiger partial charge in [0.2, 0.25) is 15.9 Å². The van der Waals surface area contributed by atoms with E-state index in [0.29, 0.717) is 43.1 Å². The van der Waals surface area contributed by atoms with Crippen molar-refractivity contribution in [2.75, 3.05) is 35.6 Å². The van der Waals surface area contributed by atoms with Crippen LogP contribution >= 0.6 is 0 Å². The topological polar surface area (TPSA) is 84.9 Å². The van der Waals surface area contributed by atoms with Gasteiger partial charge in [0.25, 0.3) is 0 Å². The van der Waals surface area contributed by atoms with E-state index in [9.17, 15) is 13.2 Å². The molecule has 1 aromatic rings. The minimum atomic E-state index is -3.31. The molecule has 0 bridgehead atoms. The van der Waals surface area contributed by atoms with Gasteiger partial charge < -0.3 is 14.8 Å². The van der Waals surface area contributed by atoms with Crippen molar-refractivity contribution < 1.29 is 22.7 Å². The fourth-order valence-electron chi connectivity index (χ4n) is 3.41. The van der Waals surface area contributed by atoms with E-state index in [1.165, 1.54) is 11.4 Å². The van der Waals surface area contributed by atoms with E-state index in [-0.39, 0.29) is 17.8 Å². The summed E-state index contributed by atoms with van der Waals surface area (Å²) in [6.45, 7) is 1.16. The maximum Gasteiger partial charge on any atom is 0.235 e. The Labute approximate surface area is 154 Å². The first-order valence-electron chi connectivity index (χ1n) is 9.09. The Balaban J connectivity index is 1.71. The van der Waals surface area contributed by atoms with Crippen LogP contribution in [0.5, 0.6) is 5.75 Å². The maximum absolute atomic E-state index is 12.3. The molecule has 1 unspecified atom stereocenters. The average molecular weight is 382 g/mol. The lowest BCUT2D eigenvalue weighted by molar-refractivity contribution is -0.119. The number of ether oxygens (including phenoxy) is 2. The average Bonchev–Trinajstić information content (AvgIpc) is 2.62. The van der Waals surface area contributed by atoms with Crippen LogP contribution in [-0.4, -0.2) is 46.4 Å². The second kappa shape index (κ2) is 8.26. The molecule has 2 fully saturated rings. The van der Waals surface area contributed by atoms with E-state index in [1.807, 2.05) is 0 Å². The van der Waals surface area contributed by atoms with E-state index in [1.54, 1.807) is 18.2 Å². The Morgan fingerprint density at radius 3 is 2.85 bits per heavy atom. The Bertz CT molecular complexity index is 744. The van der Waals surface area contributed by atoms with Gasteiger partial charge in [0.1, 0.15) is 5.75 Å². The minimum Gasteiger partial charge on any atom is -0.494 e. The molecular weight excluding hydrogens is 356 g/mol. The van der Waals surface area contributed by atoms with Crippen LogP contribution in [0.3, 0.4) is 0 Å². The van der Waals surface area contributed by atoms with Crippen LogP contribution in [0.2, 0.25) is 0 Å². The minimum absolute atomic E-state index is 0.0246. The highest BCUT2D eigenvalue weighted by Gasteiger charge is 2.28. The molecule has 3 rings (SSSR count). The number of sulfonamides is 1. The number of methoxy groups -OCH3 is 1. The normalized spacial score (nSPS) is 22.7. The number of nitrogens with zero attached hydrogens (tertiary/aromatic N) is 1. The summed E-state index contributed by atoms with van der Waals surface area (Å²) in [6, 6.07) is 5.06. The van der Waals surface area contributed by atoms with Gasteiger partial charge in [-0.15, -0.1) is 0 Å². The molecule has 0 radical (unpaired) electrons. The van der Waals surface area contributed by atoms with Gasteiger partial charge in [0.15, 0.2) is 0 Å². The zero-order valence-corrected chi connectivity index (χ0v) is 15.9. The lowest BCUT2D eigenvalue weighted by Gasteiger charge is -2.29. The molecule has 144 valence electrons. The Kier molecular flexibility index (Phi) is 6.03. The third kappa shape index (κ3) is 4.48. The van der Waals surface area contributed by atoms with E-state index < -0.39 is 10.0 Å². The summed E-state index contributed by atoms with van der Waals surface area (Å²) in [5.41, 5.74) is 1.10. The van der Waals surface area contributed by atoms with Gasteiger partial charge >= 0.3 is 0 Å². The molecule has 2 heterocycles. The maximum atomic E-state index is 12.3. The summed E-state index contributed by atoms with van der Waals surface area (Å²) in [5, 5.41) is 2.85. The molecule has 26 heavy (non-hydrogen) atoms. The number of nitrogens with one attached hydrogen (secondary N) is 1. The van der Waals surface area contributed by atoms with Gasteiger partial charge in [-0.25, -0.2) is 8.42 Å². The molecule has 1 amide bonds. The Hall–Kier alpha value is -1.80. The van der Waals surface area contributed by atoms with Crippen molar-refractivity contribution in [2.45, 2.75) is 44.6 Å². The van der Waals surface area contributed by atoms with Crippen molar-refractivity contribution in [2.24, 2.45) is 0 Å². The van der Waals surface area contributed by atoms with Crippen LogP contribution < -0.4 is 14.4 Å². The van der Waals surface area contributed by atoms with Crippen LogP contribution in [0.4, 0.5) is 11.4 Å². The fourth-order valence-corrected chi connectivity index (χ4v) is 5.06. The number of carbonyl (C=O) groups is 1. The monoisotopic (exact) mass is 382 g/mol. The third-order valence-electron chi connectivity index (χ3n) is 4.77. The number of rotatable bonds is 5. The van der Waals surface area contributed by atoms with E-state index >= 15 is 0 Å². The predicted octanol–water partition coefficient (Wildman–Crippen LogP) is 2.52. The molecule has 0 spiro atoms. The summed E-state index contributed by atoms with van der Waals surface area (Å²) in [4.78, 5) is 12.2. The molecule has 0 aromatic heterocycles. The van der Waals surface area contributed by atoms with E-state index in [4.69, 9.17) is 9.47 Å². The van der Waals surface area contributed by atoms with Gasteiger partial charge in [-0.2, -0.15) is 0 Å². The molecule has 2 aliphatic heterocycles. The van der Waals surface area contributed by atoms with Gasteiger partial charge in [-0.05, 0) is 44.2 Å².